The van der Waals surface area contributed by atoms with Crippen LogP contribution in [0.4, 0.5) is 8.78 Å². The van der Waals surface area contributed by atoms with Crippen molar-refractivity contribution in [3.8, 4) is 0 Å². The molecule has 4 heteroatoms. The summed E-state index contributed by atoms with van der Waals surface area (Å²) in [7, 11) is 0. The predicted molar refractivity (Wildman–Crippen MR) is 74.3 cm³/mol. The summed E-state index contributed by atoms with van der Waals surface area (Å²) in [5.41, 5.74) is 0. The molecule has 0 heterocycles. The molecule has 1 aromatic rings. The molecule has 3 rings (SSSR count). The van der Waals surface area contributed by atoms with Gasteiger partial charge in [-0.05, 0) is 49.7 Å². The Hall–Kier alpha value is -0.610. The SMILES string of the molecule is Fc1ccc(SCCNC(C2CC2)C2CC2)c(F)c1. The molecule has 0 amide bonds. The van der Waals surface area contributed by atoms with E-state index in [9.17, 15) is 8.78 Å². The van der Waals surface area contributed by atoms with E-state index in [1.54, 1.807) is 0 Å². The van der Waals surface area contributed by atoms with E-state index < -0.39 is 11.6 Å². The number of halogens is 2. The van der Waals surface area contributed by atoms with Crippen molar-refractivity contribution in [1.29, 1.82) is 0 Å². The number of hydrogen-bond acceptors (Lipinski definition) is 2. The van der Waals surface area contributed by atoms with Crippen molar-refractivity contribution in [2.45, 2.75) is 36.6 Å². The van der Waals surface area contributed by atoms with Gasteiger partial charge in [-0.1, -0.05) is 0 Å². The minimum absolute atomic E-state index is 0.453. The molecule has 0 aliphatic heterocycles. The molecule has 0 aromatic heterocycles. The Morgan fingerprint density at radius 2 is 1.84 bits per heavy atom. The first-order valence-corrected chi connectivity index (χ1v) is 8.04. The van der Waals surface area contributed by atoms with Crippen LogP contribution in [0.15, 0.2) is 23.1 Å². The molecule has 0 unspecified atom stereocenters. The second-order valence-corrected chi connectivity index (χ2v) is 6.71. The molecule has 0 bridgehead atoms. The van der Waals surface area contributed by atoms with Crippen LogP contribution >= 0.6 is 11.8 Å². The normalized spacial score (nSPS) is 19.1. The van der Waals surface area contributed by atoms with Crippen molar-refractivity contribution in [3.63, 3.8) is 0 Å². The van der Waals surface area contributed by atoms with E-state index in [1.165, 1.54) is 49.6 Å². The van der Waals surface area contributed by atoms with E-state index in [0.717, 1.165) is 30.2 Å². The molecule has 1 aromatic carbocycles. The summed E-state index contributed by atoms with van der Waals surface area (Å²) in [6.07, 6.45) is 5.48. The standard InChI is InChI=1S/C15H19F2NS/c16-12-5-6-14(13(17)9-12)19-8-7-18-15(10-1-2-10)11-3-4-11/h5-6,9-11,15,18H,1-4,7-8H2. The van der Waals surface area contributed by atoms with E-state index in [2.05, 4.69) is 5.32 Å². The van der Waals surface area contributed by atoms with Gasteiger partial charge in [-0.15, -0.1) is 11.8 Å². The Labute approximate surface area is 117 Å². The number of rotatable bonds is 7. The number of nitrogens with one attached hydrogen (secondary N) is 1. The molecule has 1 N–H and O–H groups in total. The third-order valence-corrected chi connectivity index (χ3v) is 4.94. The molecular formula is C15H19F2NS. The van der Waals surface area contributed by atoms with Crippen LogP contribution in [-0.2, 0) is 0 Å². The lowest BCUT2D eigenvalue weighted by atomic mass is 10.1. The molecule has 2 saturated carbocycles. The van der Waals surface area contributed by atoms with Gasteiger partial charge in [0, 0.05) is 29.3 Å². The van der Waals surface area contributed by atoms with Gasteiger partial charge < -0.3 is 5.32 Å². The molecule has 0 radical (unpaired) electrons. The zero-order valence-corrected chi connectivity index (χ0v) is 11.7. The molecule has 0 spiro atoms. The zero-order valence-electron chi connectivity index (χ0n) is 10.9. The van der Waals surface area contributed by atoms with E-state index in [0.29, 0.717) is 10.9 Å². The summed E-state index contributed by atoms with van der Waals surface area (Å²) in [6.45, 7) is 0.902. The van der Waals surface area contributed by atoms with E-state index in [4.69, 9.17) is 0 Å². The van der Waals surface area contributed by atoms with Crippen LogP contribution in [0, 0.1) is 23.5 Å². The van der Waals surface area contributed by atoms with Gasteiger partial charge >= 0.3 is 0 Å². The highest BCUT2D eigenvalue weighted by atomic mass is 32.2. The Morgan fingerprint density at radius 3 is 2.42 bits per heavy atom. The highest BCUT2D eigenvalue weighted by molar-refractivity contribution is 7.99. The number of hydrogen-bond donors (Lipinski definition) is 1. The fourth-order valence-corrected chi connectivity index (χ4v) is 3.41. The Morgan fingerprint density at radius 1 is 1.16 bits per heavy atom. The Bertz CT molecular complexity index is 432. The average molecular weight is 283 g/mol. The first-order chi connectivity index (χ1) is 9.24. The van der Waals surface area contributed by atoms with Crippen LogP contribution in [0.1, 0.15) is 25.7 Å². The Kier molecular flexibility index (Phi) is 4.08. The maximum Gasteiger partial charge on any atom is 0.139 e. The summed E-state index contributed by atoms with van der Waals surface area (Å²) in [5.74, 6) is 1.65. The van der Waals surface area contributed by atoms with E-state index >= 15 is 0 Å². The number of thioether (sulfide) groups is 1. The van der Waals surface area contributed by atoms with Gasteiger partial charge in [0.2, 0.25) is 0 Å². The van der Waals surface area contributed by atoms with Gasteiger partial charge in [0.05, 0.1) is 0 Å². The van der Waals surface area contributed by atoms with Crippen LogP contribution in [-0.4, -0.2) is 18.3 Å². The molecule has 104 valence electrons. The monoisotopic (exact) mass is 283 g/mol. The second kappa shape index (κ2) is 5.80. The van der Waals surface area contributed by atoms with Crippen molar-refractivity contribution < 1.29 is 8.78 Å². The van der Waals surface area contributed by atoms with Gasteiger partial charge in [-0.3, -0.25) is 0 Å². The fraction of sp³-hybridized carbons (Fsp3) is 0.600. The Balaban J connectivity index is 1.42. The maximum absolute atomic E-state index is 13.4. The van der Waals surface area contributed by atoms with Crippen molar-refractivity contribution in [2.75, 3.05) is 12.3 Å². The smallest absolute Gasteiger partial charge is 0.139 e. The molecule has 1 nitrogen and oxygen atoms in total. The average Bonchev–Trinajstić information content (AvgIpc) is 3.26. The zero-order chi connectivity index (χ0) is 13.2. The van der Waals surface area contributed by atoms with Crippen LogP contribution in [0.5, 0.6) is 0 Å². The molecule has 0 atom stereocenters. The van der Waals surface area contributed by atoms with Crippen molar-refractivity contribution >= 4 is 11.8 Å². The topological polar surface area (TPSA) is 12.0 Å². The predicted octanol–water partition coefficient (Wildman–Crippen LogP) is 3.84. The lowest BCUT2D eigenvalue weighted by molar-refractivity contribution is 0.429. The highest BCUT2D eigenvalue weighted by Crippen LogP contribution is 2.44. The fourth-order valence-electron chi connectivity index (χ4n) is 2.61. The van der Waals surface area contributed by atoms with Crippen molar-refractivity contribution in [2.24, 2.45) is 11.8 Å². The van der Waals surface area contributed by atoms with E-state index in [-0.39, 0.29) is 0 Å². The van der Waals surface area contributed by atoms with Crippen LogP contribution in [0.25, 0.3) is 0 Å². The second-order valence-electron chi connectivity index (χ2n) is 5.58. The first-order valence-electron chi connectivity index (χ1n) is 7.05. The molecule has 2 aliphatic rings. The third kappa shape index (κ3) is 3.69. The maximum atomic E-state index is 13.4. The highest BCUT2D eigenvalue weighted by Gasteiger charge is 2.40. The number of benzene rings is 1. The van der Waals surface area contributed by atoms with Gasteiger partial charge in [0.25, 0.3) is 0 Å². The summed E-state index contributed by atoms with van der Waals surface area (Å²) in [4.78, 5) is 0.539. The lowest BCUT2D eigenvalue weighted by Gasteiger charge is -2.17. The summed E-state index contributed by atoms with van der Waals surface area (Å²) < 4.78 is 26.2. The van der Waals surface area contributed by atoms with E-state index in [1.807, 2.05) is 0 Å². The summed E-state index contributed by atoms with van der Waals surface area (Å²) >= 11 is 1.46. The molecular weight excluding hydrogens is 264 g/mol. The largest absolute Gasteiger partial charge is 0.313 e. The van der Waals surface area contributed by atoms with Crippen molar-refractivity contribution in [3.05, 3.63) is 29.8 Å². The third-order valence-electron chi connectivity index (χ3n) is 3.89. The van der Waals surface area contributed by atoms with Gasteiger partial charge in [0.1, 0.15) is 11.6 Å². The lowest BCUT2D eigenvalue weighted by Crippen LogP contribution is -2.34. The molecule has 0 saturated heterocycles. The molecule has 19 heavy (non-hydrogen) atoms. The minimum Gasteiger partial charge on any atom is -0.313 e. The van der Waals surface area contributed by atoms with Crippen LogP contribution < -0.4 is 5.32 Å². The van der Waals surface area contributed by atoms with Gasteiger partial charge in [-0.2, -0.15) is 0 Å². The minimum atomic E-state index is -0.512. The quantitative estimate of drug-likeness (QED) is 0.603. The van der Waals surface area contributed by atoms with Gasteiger partial charge in [-0.25, -0.2) is 8.78 Å². The summed E-state index contributed by atoms with van der Waals surface area (Å²) in [6, 6.07) is 4.48. The first kappa shape index (κ1) is 13.4. The molecule has 2 aliphatic carbocycles. The van der Waals surface area contributed by atoms with Gasteiger partial charge in [0.15, 0.2) is 0 Å². The van der Waals surface area contributed by atoms with Crippen LogP contribution in [0.3, 0.4) is 0 Å². The van der Waals surface area contributed by atoms with Crippen molar-refractivity contribution in [1.82, 2.24) is 5.32 Å². The molecule has 2 fully saturated rings. The van der Waals surface area contributed by atoms with Crippen LogP contribution in [0.2, 0.25) is 0 Å². The summed E-state index contributed by atoms with van der Waals surface area (Å²) in [5, 5.41) is 3.63.